The Morgan fingerprint density at radius 3 is 2.92 bits per heavy atom. The highest BCUT2D eigenvalue weighted by atomic mass is 16.1. The van der Waals surface area contributed by atoms with Crippen LogP contribution in [0.25, 0.3) is 5.52 Å². The minimum atomic E-state index is -0.190. The molecule has 0 unspecified atom stereocenters. The minimum absolute atomic E-state index is 0.190. The Kier molecular flexibility index (Phi) is 1.69. The van der Waals surface area contributed by atoms with Crippen molar-refractivity contribution >= 4 is 5.52 Å². The first-order chi connectivity index (χ1) is 6.18. The van der Waals surface area contributed by atoms with Crippen molar-refractivity contribution in [3.8, 4) is 0 Å². The monoisotopic (exact) mass is 177 g/mol. The van der Waals surface area contributed by atoms with Crippen molar-refractivity contribution < 1.29 is 0 Å². The quantitative estimate of drug-likeness (QED) is 0.710. The number of H-pyrrole nitrogens is 1. The highest BCUT2D eigenvalue weighted by Gasteiger charge is 2.06. The Bertz CT molecular complexity index is 481. The summed E-state index contributed by atoms with van der Waals surface area (Å²) >= 11 is 0. The third-order valence-corrected chi connectivity index (χ3v) is 2.00. The summed E-state index contributed by atoms with van der Waals surface area (Å²) in [4.78, 5) is 13.8. The third-order valence-electron chi connectivity index (χ3n) is 2.00. The van der Waals surface area contributed by atoms with Crippen LogP contribution in [0.2, 0.25) is 0 Å². The van der Waals surface area contributed by atoms with E-state index in [9.17, 15) is 4.79 Å². The van der Waals surface area contributed by atoms with E-state index in [0.29, 0.717) is 5.92 Å². The van der Waals surface area contributed by atoms with E-state index in [4.69, 9.17) is 0 Å². The lowest BCUT2D eigenvalue weighted by molar-refractivity contribution is 0.767. The normalized spacial score (nSPS) is 11.3. The average molecular weight is 177 g/mol. The van der Waals surface area contributed by atoms with Gasteiger partial charge < -0.3 is 4.98 Å². The maximum Gasteiger partial charge on any atom is 0.346 e. The zero-order valence-corrected chi connectivity index (χ0v) is 7.61. The van der Waals surface area contributed by atoms with Crippen molar-refractivity contribution in [1.82, 2.24) is 14.6 Å². The molecule has 4 nitrogen and oxygen atoms in total. The molecule has 2 aromatic rings. The van der Waals surface area contributed by atoms with Crippen LogP contribution in [0.15, 0.2) is 23.1 Å². The first-order valence-corrected chi connectivity index (χ1v) is 4.26. The van der Waals surface area contributed by atoms with Crippen LogP contribution < -0.4 is 5.69 Å². The van der Waals surface area contributed by atoms with Crippen molar-refractivity contribution in [3.05, 3.63) is 34.5 Å². The van der Waals surface area contributed by atoms with Gasteiger partial charge >= 0.3 is 5.69 Å². The summed E-state index contributed by atoms with van der Waals surface area (Å²) in [6.45, 7) is 4.10. The van der Waals surface area contributed by atoms with Gasteiger partial charge in [-0.15, -0.1) is 0 Å². The molecule has 0 bridgehead atoms. The van der Waals surface area contributed by atoms with Gasteiger partial charge in [0, 0.05) is 6.20 Å². The lowest BCUT2D eigenvalue weighted by Gasteiger charge is -1.94. The molecule has 0 aromatic carbocycles. The van der Waals surface area contributed by atoms with E-state index in [1.165, 1.54) is 4.52 Å². The van der Waals surface area contributed by atoms with Gasteiger partial charge in [0.2, 0.25) is 0 Å². The number of nitrogens with one attached hydrogen (secondary N) is 1. The summed E-state index contributed by atoms with van der Waals surface area (Å²) in [5.74, 6) is 0.347. The first kappa shape index (κ1) is 8.04. The van der Waals surface area contributed by atoms with Crippen LogP contribution in [-0.4, -0.2) is 14.6 Å². The van der Waals surface area contributed by atoms with Gasteiger partial charge in [0.15, 0.2) is 0 Å². The van der Waals surface area contributed by atoms with Gasteiger partial charge in [-0.25, -0.2) is 4.79 Å². The fraction of sp³-hybridized carbons (Fsp3) is 0.333. The Labute approximate surface area is 75.2 Å². The standard InChI is InChI=1S/C9H11N3O/c1-6(2)8-5-7-3-4-10-9(13)12(7)11-8/h3-6H,1-2H3,(H,10,13). The van der Waals surface area contributed by atoms with Crippen molar-refractivity contribution in [2.45, 2.75) is 19.8 Å². The molecule has 0 aliphatic rings. The third kappa shape index (κ3) is 1.24. The predicted molar refractivity (Wildman–Crippen MR) is 49.9 cm³/mol. The molecular formula is C9H11N3O. The molecule has 68 valence electrons. The van der Waals surface area contributed by atoms with E-state index in [1.807, 2.05) is 12.1 Å². The number of hydrogen-bond acceptors (Lipinski definition) is 2. The largest absolute Gasteiger partial charge is 0.346 e. The highest BCUT2D eigenvalue weighted by Crippen LogP contribution is 2.12. The number of aromatic amines is 1. The molecule has 0 spiro atoms. The number of fused-ring (bicyclic) bond motifs is 1. The van der Waals surface area contributed by atoms with E-state index in [1.54, 1.807) is 6.20 Å². The summed E-state index contributed by atoms with van der Waals surface area (Å²) in [6, 6.07) is 3.76. The molecule has 0 aliphatic heterocycles. The molecule has 0 atom stereocenters. The van der Waals surface area contributed by atoms with Gasteiger partial charge in [0.05, 0.1) is 11.2 Å². The maximum absolute atomic E-state index is 11.3. The summed E-state index contributed by atoms with van der Waals surface area (Å²) in [5.41, 5.74) is 1.59. The van der Waals surface area contributed by atoms with E-state index in [-0.39, 0.29) is 5.69 Å². The van der Waals surface area contributed by atoms with Crippen molar-refractivity contribution in [3.63, 3.8) is 0 Å². The zero-order chi connectivity index (χ0) is 9.42. The zero-order valence-electron chi connectivity index (χ0n) is 7.61. The molecule has 4 heteroatoms. The van der Waals surface area contributed by atoms with Crippen molar-refractivity contribution in [1.29, 1.82) is 0 Å². The van der Waals surface area contributed by atoms with E-state index in [2.05, 4.69) is 23.9 Å². The molecule has 2 aromatic heterocycles. The first-order valence-electron chi connectivity index (χ1n) is 4.26. The van der Waals surface area contributed by atoms with Crippen LogP contribution in [0.3, 0.4) is 0 Å². The second-order valence-corrected chi connectivity index (χ2v) is 3.34. The van der Waals surface area contributed by atoms with Crippen molar-refractivity contribution in [2.75, 3.05) is 0 Å². The second kappa shape index (κ2) is 2.73. The molecule has 0 fully saturated rings. The van der Waals surface area contributed by atoms with Crippen LogP contribution in [0.1, 0.15) is 25.5 Å². The van der Waals surface area contributed by atoms with Crippen LogP contribution in [0.4, 0.5) is 0 Å². The molecule has 13 heavy (non-hydrogen) atoms. The van der Waals surface area contributed by atoms with Gasteiger partial charge in [0.25, 0.3) is 0 Å². The summed E-state index contributed by atoms with van der Waals surface area (Å²) in [6.07, 6.45) is 1.63. The van der Waals surface area contributed by atoms with Gasteiger partial charge in [0.1, 0.15) is 0 Å². The number of hydrogen-bond donors (Lipinski definition) is 1. The minimum Gasteiger partial charge on any atom is -0.313 e. The van der Waals surface area contributed by atoms with E-state index < -0.39 is 0 Å². The topological polar surface area (TPSA) is 50.2 Å². The lowest BCUT2D eigenvalue weighted by atomic mass is 10.1. The molecule has 1 N–H and O–H groups in total. The molecule has 2 rings (SSSR count). The Balaban J connectivity index is 2.76. The Hall–Kier alpha value is -1.58. The van der Waals surface area contributed by atoms with Gasteiger partial charge in [-0.3, -0.25) is 0 Å². The maximum atomic E-state index is 11.3. The van der Waals surface area contributed by atoms with Gasteiger partial charge in [-0.2, -0.15) is 9.61 Å². The molecule has 0 saturated carbocycles. The van der Waals surface area contributed by atoms with Gasteiger partial charge in [-0.05, 0) is 18.1 Å². The van der Waals surface area contributed by atoms with E-state index in [0.717, 1.165) is 11.2 Å². The summed E-state index contributed by atoms with van der Waals surface area (Å²) in [7, 11) is 0. The number of rotatable bonds is 1. The molecule has 2 heterocycles. The molecule has 0 radical (unpaired) electrons. The van der Waals surface area contributed by atoms with Crippen LogP contribution in [-0.2, 0) is 0 Å². The Morgan fingerprint density at radius 2 is 2.31 bits per heavy atom. The predicted octanol–water partition coefficient (Wildman–Crippen LogP) is 1.15. The highest BCUT2D eigenvalue weighted by molar-refractivity contribution is 5.46. The van der Waals surface area contributed by atoms with Crippen LogP contribution in [0.5, 0.6) is 0 Å². The summed E-state index contributed by atoms with van der Waals surface area (Å²) in [5, 5.41) is 4.18. The molecule has 0 aliphatic carbocycles. The van der Waals surface area contributed by atoms with Crippen LogP contribution in [0, 0.1) is 0 Å². The molecule has 0 saturated heterocycles. The second-order valence-electron chi connectivity index (χ2n) is 3.34. The molecule has 0 amide bonds. The average Bonchev–Trinajstić information content (AvgIpc) is 2.49. The fourth-order valence-corrected chi connectivity index (χ4v) is 1.24. The number of nitrogens with zero attached hydrogens (tertiary/aromatic N) is 2. The molecular weight excluding hydrogens is 166 g/mol. The van der Waals surface area contributed by atoms with Crippen LogP contribution >= 0.6 is 0 Å². The fourth-order valence-electron chi connectivity index (χ4n) is 1.24. The lowest BCUT2D eigenvalue weighted by Crippen LogP contribution is -2.16. The van der Waals surface area contributed by atoms with Crippen molar-refractivity contribution in [2.24, 2.45) is 0 Å². The SMILES string of the molecule is CC(C)c1cc2cc[nH]c(=O)n2n1. The summed E-state index contributed by atoms with van der Waals surface area (Å²) < 4.78 is 1.38. The number of aromatic nitrogens is 3. The van der Waals surface area contributed by atoms with E-state index >= 15 is 0 Å². The Morgan fingerprint density at radius 1 is 1.54 bits per heavy atom. The smallest absolute Gasteiger partial charge is 0.313 e. The van der Waals surface area contributed by atoms with Gasteiger partial charge in [-0.1, -0.05) is 13.8 Å².